The molecule has 2 aromatic carbocycles. The van der Waals surface area contributed by atoms with E-state index < -0.39 is 0 Å². The Hall–Kier alpha value is -1.76. The molecular formula is C17H19N. The molecule has 0 unspecified atom stereocenters. The molecule has 0 aliphatic carbocycles. The van der Waals surface area contributed by atoms with Gasteiger partial charge in [-0.15, -0.1) is 0 Å². The van der Waals surface area contributed by atoms with Gasteiger partial charge in [-0.25, -0.2) is 0 Å². The highest BCUT2D eigenvalue weighted by Crippen LogP contribution is 2.29. The van der Waals surface area contributed by atoms with E-state index in [0.29, 0.717) is 0 Å². The molecule has 3 rings (SSSR count). The smallest absolute Gasteiger partial charge is 0.0379 e. The summed E-state index contributed by atoms with van der Waals surface area (Å²) in [6.07, 6.45) is 3.53. The van der Waals surface area contributed by atoms with Crippen molar-refractivity contribution in [1.82, 2.24) is 0 Å². The van der Waals surface area contributed by atoms with Crippen molar-refractivity contribution < 1.29 is 0 Å². The SMILES string of the molecule is CCCc1cccc(-c2ccc3c(c2)NCC3)c1. The summed E-state index contributed by atoms with van der Waals surface area (Å²) >= 11 is 0. The fourth-order valence-electron chi connectivity index (χ4n) is 2.67. The zero-order valence-electron chi connectivity index (χ0n) is 10.9. The number of rotatable bonds is 3. The van der Waals surface area contributed by atoms with E-state index in [-0.39, 0.29) is 0 Å². The van der Waals surface area contributed by atoms with Gasteiger partial charge < -0.3 is 5.32 Å². The maximum atomic E-state index is 3.45. The number of hydrogen-bond donors (Lipinski definition) is 1. The van der Waals surface area contributed by atoms with E-state index in [9.17, 15) is 0 Å². The lowest BCUT2D eigenvalue weighted by Gasteiger charge is -2.07. The number of hydrogen-bond acceptors (Lipinski definition) is 1. The molecule has 1 aliphatic heterocycles. The van der Waals surface area contributed by atoms with Crippen molar-refractivity contribution >= 4 is 5.69 Å². The van der Waals surface area contributed by atoms with Gasteiger partial charge in [-0.3, -0.25) is 0 Å². The highest BCUT2D eigenvalue weighted by atomic mass is 14.9. The van der Waals surface area contributed by atoms with Gasteiger partial charge in [0.2, 0.25) is 0 Å². The van der Waals surface area contributed by atoms with Crippen LogP contribution in [-0.2, 0) is 12.8 Å². The first kappa shape index (κ1) is 11.3. The van der Waals surface area contributed by atoms with E-state index in [1.54, 1.807) is 0 Å². The number of aryl methyl sites for hydroxylation is 1. The van der Waals surface area contributed by atoms with Crippen LogP contribution in [0, 0.1) is 0 Å². The number of anilines is 1. The van der Waals surface area contributed by atoms with Crippen LogP contribution in [0.4, 0.5) is 5.69 Å². The summed E-state index contributed by atoms with van der Waals surface area (Å²) in [5, 5.41) is 3.45. The third kappa shape index (κ3) is 2.13. The van der Waals surface area contributed by atoms with E-state index in [1.807, 2.05) is 0 Å². The van der Waals surface area contributed by atoms with Crippen molar-refractivity contribution in [2.75, 3.05) is 11.9 Å². The van der Waals surface area contributed by atoms with Crippen molar-refractivity contribution in [3.05, 3.63) is 53.6 Å². The van der Waals surface area contributed by atoms with Gasteiger partial charge in [-0.05, 0) is 41.2 Å². The second-order valence-corrected chi connectivity index (χ2v) is 5.00. The standard InChI is InChI=1S/C17H19N/c1-2-4-13-5-3-6-15(11-13)16-8-7-14-9-10-18-17(14)12-16/h3,5-8,11-12,18H,2,4,9-10H2,1H3. The maximum absolute atomic E-state index is 3.45. The second-order valence-electron chi connectivity index (χ2n) is 5.00. The van der Waals surface area contributed by atoms with Crippen LogP contribution in [0.15, 0.2) is 42.5 Å². The molecule has 0 aromatic heterocycles. The molecule has 0 saturated heterocycles. The highest BCUT2D eigenvalue weighted by Gasteiger charge is 2.10. The molecule has 92 valence electrons. The monoisotopic (exact) mass is 237 g/mol. The van der Waals surface area contributed by atoms with Gasteiger partial charge in [0.1, 0.15) is 0 Å². The summed E-state index contributed by atoms with van der Waals surface area (Å²) in [4.78, 5) is 0. The zero-order valence-corrected chi connectivity index (χ0v) is 10.9. The van der Waals surface area contributed by atoms with Crippen LogP contribution < -0.4 is 5.32 Å². The van der Waals surface area contributed by atoms with Gasteiger partial charge in [-0.2, -0.15) is 0 Å². The van der Waals surface area contributed by atoms with Crippen LogP contribution in [0.25, 0.3) is 11.1 Å². The molecule has 18 heavy (non-hydrogen) atoms. The Balaban J connectivity index is 1.96. The highest BCUT2D eigenvalue weighted by molar-refractivity contribution is 5.71. The van der Waals surface area contributed by atoms with Gasteiger partial charge in [0, 0.05) is 12.2 Å². The molecule has 0 atom stereocenters. The Labute approximate surface area is 109 Å². The molecule has 1 nitrogen and oxygen atoms in total. The van der Waals surface area contributed by atoms with Gasteiger partial charge in [0.25, 0.3) is 0 Å². The normalized spacial score (nSPS) is 13.2. The van der Waals surface area contributed by atoms with Gasteiger partial charge in [0.05, 0.1) is 0 Å². The van der Waals surface area contributed by atoms with E-state index in [1.165, 1.54) is 34.4 Å². The summed E-state index contributed by atoms with van der Waals surface area (Å²) in [7, 11) is 0. The summed E-state index contributed by atoms with van der Waals surface area (Å²) in [5.41, 5.74) is 6.85. The predicted molar refractivity (Wildman–Crippen MR) is 78.1 cm³/mol. The zero-order chi connectivity index (χ0) is 12.4. The first-order chi connectivity index (χ1) is 8.86. The number of nitrogens with one attached hydrogen (secondary N) is 1. The van der Waals surface area contributed by atoms with Gasteiger partial charge in [-0.1, -0.05) is 49.7 Å². The fraction of sp³-hybridized carbons (Fsp3) is 0.294. The molecule has 0 bridgehead atoms. The Bertz CT molecular complexity index is 557. The minimum absolute atomic E-state index is 1.08. The van der Waals surface area contributed by atoms with Gasteiger partial charge in [0.15, 0.2) is 0 Å². The van der Waals surface area contributed by atoms with Crippen LogP contribution in [0.2, 0.25) is 0 Å². The van der Waals surface area contributed by atoms with Crippen LogP contribution in [-0.4, -0.2) is 6.54 Å². The first-order valence-corrected chi connectivity index (χ1v) is 6.83. The van der Waals surface area contributed by atoms with E-state index in [0.717, 1.165) is 19.4 Å². The van der Waals surface area contributed by atoms with Crippen molar-refractivity contribution in [3.8, 4) is 11.1 Å². The van der Waals surface area contributed by atoms with Crippen molar-refractivity contribution in [2.24, 2.45) is 0 Å². The van der Waals surface area contributed by atoms with E-state index in [2.05, 4.69) is 54.7 Å². The van der Waals surface area contributed by atoms with Crippen LogP contribution in [0.5, 0.6) is 0 Å². The summed E-state index contributed by atoms with van der Waals surface area (Å²) in [6.45, 7) is 3.31. The maximum Gasteiger partial charge on any atom is 0.0379 e. The van der Waals surface area contributed by atoms with E-state index >= 15 is 0 Å². The molecule has 1 heteroatoms. The van der Waals surface area contributed by atoms with Crippen molar-refractivity contribution in [2.45, 2.75) is 26.2 Å². The Kier molecular flexibility index (Phi) is 3.06. The quantitative estimate of drug-likeness (QED) is 0.840. The van der Waals surface area contributed by atoms with E-state index in [4.69, 9.17) is 0 Å². The molecule has 1 heterocycles. The lowest BCUT2D eigenvalue weighted by atomic mass is 9.99. The molecule has 2 aromatic rings. The fourth-order valence-corrected chi connectivity index (χ4v) is 2.67. The van der Waals surface area contributed by atoms with Crippen LogP contribution >= 0.6 is 0 Å². The van der Waals surface area contributed by atoms with Crippen molar-refractivity contribution in [1.29, 1.82) is 0 Å². The topological polar surface area (TPSA) is 12.0 Å². The minimum atomic E-state index is 1.08. The largest absolute Gasteiger partial charge is 0.384 e. The molecule has 1 aliphatic rings. The molecule has 0 amide bonds. The van der Waals surface area contributed by atoms with Crippen LogP contribution in [0.3, 0.4) is 0 Å². The Morgan fingerprint density at radius 2 is 1.94 bits per heavy atom. The molecule has 1 N–H and O–H groups in total. The average molecular weight is 237 g/mol. The third-order valence-electron chi connectivity index (χ3n) is 3.62. The summed E-state index contributed by atoms with van der Waals surface area (Å²) in [5.74, 6) is 0. The van der Waals surface area contributed by atoms with Crippen molar-refractivity contribution in [3.63, 3.8) is 0 Å². The number of fused-ring (bicyclic) bond motifs is 1. The molecular weight excluding hydrogens is 218 g/mol. The van der Waals surface area contributed by atoms with Crippen LogP contribution in [0.1, 0.15) is 24.5 Å². The summed E-state index contributed by atoms with van der Waals surface area (Å²) in [6, 6.07) is 15.7. The average Bonchev–Trinajstić information content (AvgIpc) is 2.86. The number of benzene rings is 2. The summed E-state index contributed by atoms with van der Waals surface area (Å²) < 4.78 is 0. The molecule has 0 radical (unpaired) electrons. The first-order valence-electron chi connectivity index (χ1n) is 6.83. The molecule has 0 saturated carbocycles. The molecule has 0 spiro atoms. The lowest BCUT2D eigenvalue weighted by Crippen LogP contribution is -1.91. The molecule has 0 fully saturated rings. The van der Waals surface area contributed by atoms with Gasteiger partial charge >= 0.3 is 0 Å². The lowest BCUT2D eigenvalue weighted by molar-refractivity contribution is 0.922. The predicted octanol–water partition coefficient (Wildman–Crippen LogP) is 4.27. The minimum Gasteiger partial charge on any atom is -0.384 e. The second kappa shape index (κ2) is 4.85. The third-order valence-corrected chi connectivity index (χ3v) is 3.62. The Morgan fingerprint density at radius 3 is 2.83 bits per heavy atom. The Morgan fingerprint density at radius 1 is 1.06 bits per heavy atom.